The predicted molar refractivity (Wildman–Crippen MR) is 69.0 cm³/mol. The summed E-state index contributed by atoms with van der Waals surface area (Å²) in [6.45, 7) is 1.13. The van der Waals surface area contributed by atoms with Crippen molar-refractivity contribution in [3.05, 3.63) is 29.3 Å². The van der Waals surface area contributed by atoms with Crippen LogP contribution >= 0.6 is 0 Å². The first-order valence-corrected chi connectivity index (χ1v) is 6.47. The molecule has 0 spiro atoms. The first kappa shape index (κ1) is 10.7. The fraction of sp³-hybridized carbons (Fsp3) is 0.533. The number of nitrogens with zero attached hydrogens (tertiary/aromatic N) is 2. The zero-order valence-corrected chi connectivity index (χ0v) is 10.4. The number of rotatable bonds is 2. The maximum absolute atomic E-state index is 9.28. The van der Waals surface area contributed by atoms with Gasteiger partial charge in [-0.05, 0) is 42.9 Å². The summed E-state index contributed by atoms with van der Waals surface area (Å²) in [7, 11) is 2.15. The number of hydrogen-bond acceptors (Lipinski definition) is 2. The monoisotopic (exact) mass is 226 g/mol. The SMILES string of the molecule is CN1CCc2cc(CC3(C#N)CCC3)ccc21. The lowest BCUT2D eigenvalue weighted by Crippen LogP contribution is -2.29. The molecule has 0 aromatic heterocycles. The van der Waals surface area contributed by atoms with Gasteiger partial charge in [-0.15, -0.1) is 0 Å². The smallest absolute Gasteiger partial charge is 0.0693 e. The van der Waals surface area contributed by atoms with Crippen LogP contribution in [0.5, 0.6) is 0 Å². The molecular weight excluding hydrogens is 208 g/mol. The van der Waals surface area contributed by atoms with Crippen LogP contribution in [0.15, 0.2) is 18.2 Å². The summed E-state index contributed by atoms with van der Waals surface area (Å²) >= 11 is 0. The molecule has 1 saturated carbocycles. The third kappa shape index (κ3) is 1.70. The fourth-order valence-electron chi connectivity index (χ4n) is 3.05. The minimum Gasteiger partial charge on any atom is -0.374 e. The highest BCUT2D eigenvalue weighted by molar-refractivity contribution is 5.58. The molecule has 0 radical (unpaired) electrons. The van der Waals surface area contributed by atoms with Gasteiger partial charge in [0.1, 0.15) is 0 Å². The zero-order valence-electron chi connectivity index (χ0n) is 10.4. The largest absolute Gasteiger partial charge is 0.374 e. The standard InChI is InChI=1S/C15H18N2/c1-17-8-5-13-9-12(3-4-14(13)17)10-15(11-16)6-2-7-15/h3-4,9H,2,5-8,10H2,1H3. The van der Waals surface area contributed by atoms with Gasteiger partial charge in [0.15, 0.2) is 0 Å². The van der Waals surface area contributed by atoms with E-state index < -0.39 is 0 Å². The molecule has 1 aromatic rings. The molecule has 3 rings (SSSR count). The normalized spacial score (nSPS) is 20.6. The molecule has 2 aliphatic rings. The number of nitriles is 1. The Hall–Kier alpha value is -1.49. The first-order chi connectivity index (χ1) is 8.22. The van der Waals surface area contributed by atoms with Gasteiger partial charge in [0, 0.05) is 19.3 Å². The van der Waals surface area contributed by atoms with Crippen LogP contribution in [0.25, 0.3) is 0 Å². The van der Waals surface area contributed by atoms with Gasteiger partial charge in [0.2, 0.25) is 0 Å². The molecule has 0 atom stereocenters. The zero-order chi connectivity index (χ0) is 11.9. The van der Waals surface area contributed by atoms with E-state index in [9.17, 15) is 5.26 Å². The van der Waals surface area contributed by atoms with Crippen molar-refractivity contribution >= 4 is 5.69 Å². The minimum atomic E-state index is -0.0429. The average molecular weight is 226 g/mol. The maximum atomic E-state index is 9.28. The Balaban J connectivity index is 1.84. The highest BCUT2D eigenvalue weighted by atomic mass is 15.1. The minimum absolute atomic E-state index is 0.0429. The lowest BCUT2D eigenvalue weighted by atomic mass is 9.66. The third-order valence-electron chi connectivity index (χ3n) is 4.36. The van der Waals surface area contributed by atoms with Crippen molar-refractivity contribution < 1.29 is 0 Å². The van der Waals surface area contributed by atoms with Gasteiger partial charge >= 0.3 is 0 Å². The Morgan fingerprint density at radius 3 is 2.88 bits per heavy atom. The van der Waals surface area contributed by atoms with Crippen molar-refractivity contribution in [3.63, 3.8) is 0 Å². The van der Waals surface area contributed by atoms with Crippen LogP contribution < -0.4 is 4.90 Å². The molecule has 1 aromatic carbocycles. The van der Waals surface area contributed by atoms with Crippen molar-refractivity contribution in [2.24, 2.45) is 5.41 Å². The molecule has 0 N–H and O–H groups in total. The number of hydrogen-bond donors (Lipinski definition) is 0. The van der Waals surface area contributed by atoms with Crippen molar-refractivity contribution in [2.75, 3.05) is 18.5 Å². The highest BCUT2D eigenvalue weighted by Gasteiger charge is 2.37. The summed E-state index contributed by atoms with van der Waals surface area (Å²) in [5, 5.41) is 9.28. The van der Waals surface area contributed by atoms with Crippen molar-refractivity contribution in [1.82, 2.24) is 0 Å². The Morgan fingerprint density at radius 2 is 2.24 bits per heavy atom. The molecule has 0 bridgehead atoms. The highest BCUT2D eigenvalue weighted by Crippen LogP contribution is 2.43. The second-order valence-electron chi connectivity index (χ2n) is 5.56. The van der Waals surface area contributed by atoms with Crippen LogP contribution in [0.1, 0.15) is 30.4 Å². The second kappa shape index (κ2) is 3.77. The van der Waals surface area contributed by atoms with Gasteiger partial charge in [0.05, 0.1) is 11.5 Å². The molecule has 0 amide bonds. The van der Waals surface area contributed by atoms with Gasteiger partial charge in [-0.2, -0.15) is 5.26 Å². The third-order valence-corrected chi connectivity index (χ3v) is 4.36. The van der Waals surface area contributed by atoms with E-state index in [0.29, 0.717) is 0 Å². The summed E-state index contributed by atoms with van der Waals surface area (Å²) in [4.78, 5) is 2.31. The van der Waals surface area contributed by atoms with E-state index in [1.165, 1.54) is 23.2 Å². The fourth-order valence-corrected chi connectivity index (χ4v) is 3.05. The van der Waals surface area contributed by atoms with E-state index >= 15 is 0 Å². The summed E-state index contributed by atoms with van der Waals surface area (Å²) < 4.78 is 0. The molecule has 1 aliphatic heterocycles. The first-order valence-electron chi connectivity index (χ1n) is 6.47. The molecule has 88 valence electrons. The topological polar surface area (TPSA) is 27.0 Å². The summed E-state index contributed by atoms with van der Waals surface area (Å²) in [6.07, 6.45) is 5.49. The van der Waals surface area contributed by atoms with Crippen LogP contribution in [-0.2, 0) is 12.8 Å². The molecule has 0 unspecified atom stereocenters. The molecule has 2 nitrogen and oxygen atoms in total. The van der Waals surface area contributed by atoms with Gasteiger partial charge in [-0.25, -0.2) is 0 Å². The van der Waals surface area contributed by atoms with Crippen LogP contribution in [0, 0.1) is 16.7 Å². The average Bonchev–Trinajstić information content (AvgIpc) is 2.65. The van der Waals surface area contributed by atoms with Gasteiger partial charge < -0.3 is 4.90 Å². The molecule has 1 fully saturated rings. The second-order valence-corrected chi connectivity index (χ2v) is 5.56. The van der Waals surface area contributed by atoms with Crippen LogP contribution in [-0.4, -0.2) is 13.6 Å². The van der Waals surface area contributed by atoms with Crippen molar-refractivity contribution in [1.29, 1.82) is 5.26 Å². The van der Waals surface area contributed by atoms with Gasteiger partial charge in [-0.3, -0.25) is 0 Å². The van der Waals surface area contributed by atoms with E-state index in [1.807, 2.05) is 0 Å². The van der Waals surface area contributed by atoms with E-state index in [1.54, 1.807) is 0 Å². The predicted octanol–water partition coefficient (Wildman–Crippen LogP) is 2.92. The number of benzene rings is 1. The lowest BCUT2D eigenvalue weighted by Gasteiger charge is -2.35. The van der Waals surface area contributed by atoms with Crippen molar-refractivity contribution in [3.8, 4) is 6.07 Å². The maximum Gasteiger partial charge on any atom is 0.0693 e. The molecule has 2 heteroatoms. The Bertz CT molecular complexity index is 480. The summed E-state index contributed by atoms with van der Waals surface area (Å²) in [5.41, 5.74) is 4.13. The Morgan fingerprint density at radius 1 is 1.41 bits per heavy atom. The van der Waals surface area contributed by atoms with Gasteiger partial charge in [-0.1, -0.05) is 18.6 Å². The van der Waals surface area contributed by atoms with Gasteiger partial charge in [0.25, 0.3) is 0 Å². The molecule has 1 heterocycles. The Kier molecular flexibility index (Phi) is 2.36. The van der Waals surface area contributed by atoms with E-state index in [2.05, 4.69) is 36.2 Å². The van der Waals surface area contributed by atoms with Crippen molar-refractivity contribution in [2.45, 2.75) is 32.1 Å². The van der Waals surface area contributed by atoms with E-state index in [0.717, 1.165) is 32.2 Å². The number of fused-ring (bicyclic) bond motifs is 1. The van der Waals surface area contributed by atoms with Crippen LogP contribution in [0.2, 0.25) is 0 Å². The summed E-state index contributed by atoms with van der Waals surface area (Å²) in [5.74, 6) is 0. The van der Waals surface area contributed by atoms with E-state index in [4.69, 9.17) is 0 Å². The lowest BCUT2D eigenvalue weighted by molar-refractivity contribution is 0.214. The molecule has 17 heavy (non-hydrogen) atoms. The molecule has 1 aliphatic carbocycles. The summed E-state index contributed by atoms with van der Waals surface area (Å²) in [6, 6.07) is 9.28. The van der Waals surface area contributed by atoms with Crippen LogP contribution in [0.3, 0.4) is 0 Å². The quantitative estimate of drug-likeness (QED) is 0.775. The molecule has 0 saturated heterocycles. The molecular formula is C15H18N2. The number of anilines is 1. The van der Waals surface area contributed by atoms with Crippen LogP contribution in [0.4, 0.5) is 5.69 Å². The van der Waals surface area contributed by atoms with E-state index in [-0.39, 0.29) is 5.41 Å². The Labute approximate surface area is 103 Å². The number of likely N-dealkylation sites (N-methyl/N-ethyl adjacent to an activating group) is 1.